The highest BCUT2D eigenvalue weighted by molar-refractivity contribution is 6.70. The first-order valence-corrected chi connectivity index (χ1v) is 16.1. The minimum absolute atomic E-state index is 0.115. The first kappa shape index (κ1) is 33.3. The van der Waals surface area contributed by atoms with Crippen molar-refractivity contribution in [2.75, 3.05) is 0 Å². The molecule has 8 aromatic rings. The number of aromatic nitrogens is 2. The Hall–Kier alpha value is -4.82. The first-order chi connectivity index (χ1) is 24.5. The van der Waals surface area contributed by atoms with Crippen molar-refractivity contribution in [3.05, 3.63) is 97.1 Å². The minimum atomic E-state index is 0.115. The van der Waals surface area contributed by atoms with E-state index in [1.54, 1.807) is 0 Å². The summed E-state index contributed by atoms with van der Waals surface area (Å²) in [5, 5.41) is 3.24. The molecule has 1 heterocycles. The van der Waals surface area contributed by atoms with Crippen LogP contribution in [0.25, 0.3) is 71.9 Å². The smallest absolute Gasteiger partial charge is 0.146 e. The molecule has 1 aromatic heterocycles. The molecular formula is C39H16B10N2. The number of fused-ring (bicyclic) bond motifs is 3. The fraction of sp³-hybridized carbons (Fsp3) is 0. The molecule has 51 heavy (non-hydrogen) atoms. The highest BCUT2D eigenvalue weighted by Crippen LogP contribution is 2.44. The van der Waals surface area contributed by atoms with Gasteiger partial charge in [0.05, 0.1) is 11.0 Å². The molecule has 0 atom stereocenters. The Morgan fingerprint density at radius 2 is 0.843 bits per heavy atom. The van der Waals surface area contributed by atoms with E-state index in [4.69, 9.17) is 83.4 Å². The van der Waals surface area contributed by atoms with Crippen molar-refractivity contribution in [2.24, 2.45) is 0 Å². The summed E-state index contributed by atoms with van der Waals surface area (Å²) in [6.07, 6.45) is 0. The fourth-order valence-electron chi connectivity index (χ4n) is 7.16. The molecule has 0 spiro atoms. The molecule has 212 valence electrons. The second kappa shape index (κ2) is 12.4. The Morgan fingerprint density at radius 1 is 0.373 bits per heavy atom. The van der Waals surface area contributed by atoms with Crippen molar-refractivity contribution in [2.45, 2.75) is 0 Å². The number of para-hydroxylation sites is 3. The van der Waals surface area contributed by atoms with E-state index < -0.39 is 0 Å². The molecule has 0 amide bonds. The van der Waals surface area contributed by atoms with Crippen LogP contribution in [0.2, 0.25) is 0 Å². The molecule has 0 aliphatic rings. The molecule has 0 saturated carbocycles. The predicted molar refractivity (Wildman–Crippen MR) is 226 cm³/mol. The molecule has 20 radical (unpaired) electrons. The zero-order valence-corrected chi connectivity index (χ0v) is 27.4. The molecule has 12 heteroatoms. The van der Waals surface area contributed by atoms with Crippen molar-refractivity contribution < 1.29 is 0 Å². The Bertz CT molecular complexity index is 2700. The lowest BCUT2D eigenvalue weighted by molar-refractivity contribution is 1.11. The van der Waals surface area contributed by atoms with Crippen molar-refractivity contribution in [1.82, 2.24) is 9.55 Å². The molecule has 0 unspecified atom stereocenters. The maximum atomic E-state index is 6.78. The Kier molecular flexibility index (Phi) is 8.13. The average Bonchev–Trinajstić information content (AvgIpc) is 3.54. The van der Waals surface area contributed by atoms with Gasteiger partial charge in [0.25, 0.3) is 0 Å². The monoisotopic (exact) mass is 622 g/mol. The van der Waals surface area contributed by atoms with Gasteiger partial charge in [0.15, 0.2) is 0 Å². The number of imidazole rings is 1. The normalized spacial score (nSPS) is 11.5. The van der Waals surface area contributed by atoms with Gasteiger partial charge in [-0.3, -0.25) is 4.57 Å². The van der Waals surface area contributed by atoms with Gasteiger partial charge in [0.1, 0.15) is 84.3 Å². The van der Waals surface area contributed by atoms with Crippen LogP contribution in [0, 0.1) is 0 Å². The zero-order valence-electron chi connectivity index (χ0n) is 27.4. The van der Waals surface area contributed by atoms with Crippen LogP contribution in [0.15, 0.2) is 97.1 Å². The summed E-state index contributed by atoms with van der Waals surface area (Å²) in [6, 6.07) is 31.9. The molecule has 7 aromatic carbocycles. The lowest BCUT2D eigenvalue weighted by atomic mass is 9.59. The van der Waals surface area contributed by atoms with Gasteiger partial charge in [-0.25, -0.2) is 4.98 Å². The van der Waals surface area contributed by atoms with E-state index in [0.29, 0.717) is 22.3 Å². The van der Waals surface area contributed by atoms with Crippen LogP contribution in [0.3, 0.4) is 0 Å². The summed E-state index contributed by atoms with van der Waals surface area (Å²) < 4.78 is 2.16. The summed E-state index contributed by atoms with van der Waals surface area (Å²) in [5.41, 5.74) is 7.34. The third kappa shape index (κ3) is 4.97. The molecule has 0 aliphatic carbocycles. The molecule has 0 saturated heterocycles. The van der Waals surface area contributed by atoms with Gasteiger partial charge >= 0.3 is 0 Å². The molecule has 0 fully saturated rings. The van der Waals surface area contributed by atoms with Crippen LogP contribution in [-0.4, -0.2) is 88.0 Å². The van der Waals surface area contributed by atoms with Gasteiger partial charge in [0, 0.05) is 11.3 Å². The summed E-state index contributed by atoms with van der Waals surface area (Å²) >= 11 is 0. The minimum Gasteiger partial charge on any atom is -0.292 e. The summed E-state index contributed by atoms with van der Waals surface area (Å²) in [7, 11) is 64.7. The molecule has 8 rings (SSSR count). The number of benzene rings is 7. The van der Waals surface area contributed by atoms with E-state index in [1.807, 2.05) is 78.9 Å². The summed E-state index contributed by atoms with van der Waals surface area (Å²) in [4.78, 5) is 5.25. The quantitative estimate of drug-likeness (QED) is 0.169. The first-order valence-electron chi connectivity index (χ1n) is 16.1. The van der Waals surface area contributed by atoms with Crippen LogP contribution in [-0.2, 0) is 0 Å². The van der Waals surface area contributed by atoms with E-state index in [-0.39, 0.29) is 54.6 Å². The van der Waals surface area contributed by atoms with Gasteiger partial charge in [-0.05, 0) is 74.1 Å². The van der Waals surface area contributed by atoms with Crippen molar-refractivity contribution in [1.29, 1.82) is 0 Å². The Balaban J connectivity index is 1.61. The standard InChI is InChI=1S/C39H16B10N2/c40-29-25(30(41)34(45)37(48)33(29)44)17-14-15-21-22(16-17)26(28-31(42)35(46)38(49)36(47)32(28)43)19-10-4-5-11-20(19)27(21)39-50-23-12-6-7-13-24(23)51(39)18-8-2-1-3-9-18/h1-16H. The largest absolute Gasteiger partial charge is 0.292 e. The Morgan fingerprint density at radius 3 is 1.45 bits per heavy atom. The number of nitrogens with zero attached hydrogens (tertiary/aromatic N) is 2. The highest BCUT2D eigenvalue weighted by atomic mass is 15.1. The lowest BCUT2D eigenvalue weighted by Gasteiger charge is -2.26. The SMILES string of the molecule is [B]c1c([B])c([B])c(-c2ccc3c(-c4nc5ccccc5n4-c4ccccc4)c4ccccc4c(-c4c([B])c([B])c([B])c([B])c4[B])c3c2)c([B])c1[B]. The van der Waals surface area contributed by atoms with Crippen LogP contribution in [0.4, 0.5) is 0 Å². The van der Waals surface area contributed by atoms with E-state index in [2.05, 4.69) is 22.8 Å². The maximum absolute atomic E-state index is 6.78. The average molecular weight is 621 g/mol. The summed E-state index contributed by atoms with van der Waals surface area (Å²) in [5.74, 6) is 0.722. The summed E-state index contributed by atoms with van der Waals surface area (Å²) in [6.45, 7) is 0. The molecular weight excluding hydrogens is 605 g/mol. The second-order valence-electron chi connectivity index (χ2n) is 12.5. The third-order valence-electron chi connectivity index (χ3n) is 9.76. The van der Waals surface area contributed by atoms with E-state index in [0.717, 1.165) is 49.7 Å². The predicted octanol–water partition coefficient (Wildman–Crippen LogP) is -1.73. The van der Waals surface area contributed by atoms with Crippen LogP contribution >= 0.6 is 0 Å². The van der Waals surface area contributed by atoms with Crippen LogP contribution in [0.5, 0.6) is 0 Å². The number of hydrogen-bond donors (Lipinski definition) is 0. The van der Waals surface area contributed by atoms with Gasteiger partial charge in [-0.15, -0.1) is 32.8 Å². The van der Waals surface area contributed by atoms with Gasteiger partial charge in [-0.1, -0.05) is 88.6 Å². The zero-order chi connectivity index (χ0) is 35.9. The van der Waals surface area contributed by atoms with Crippen molar-refractivity contribution in [3.63, 3.8) is 0 Å². The van der Waals surface area contributed by atoms with Gasteiger partial charge < -0.3 is 0 Å². The molecule has 0 bridgehead atoms. The highest BCUT2D eigenvalue weighted by Gasteiger charge is 2.25. The third-order valence-corrected chi connectivity index (χ3v) is 9.76. The second-order valence-corrected chi connectivity index (χ2v) is 12.5. The number of rotatable bonds is 4. The van der Waals surface area contributed by atoms with Gasteiger partial charge in [0.2, 0.25) is 0 Å². The van der Waals surface area contributed by atoms with Crippen LogP contribution < -0.4 is 54.6 Å². The topological polar surface area (TPSA) is 17.8 Å². The molecule has 0 N–H and O–H groups in total. The fourth-order valence-corrected chi connectivity index (χ4v) is 7.16. The van der Waals surface area contributed by atoms with Crippen molar-refractivity contribution >= 4 is 166 Å². The number of hydrogen-bond acceptors (Lipinski definition) is 1. The lowest BCUT2D eigenvalue weighted by Crippen LogP contribution is -2.55. The van der Waals surface area contributed by atoms with Crippen LogP contribution in [0.1, 0.15) is 0 Å². The molecule has 0 aliphatic heterocycles. The Labute approximate surface area is 310 Å². The van der Waals surface area contributed by atoms with Crippen molar-refractivity contribution in [3.8, 4) is 39.3 Å². The van der Waals surface area contributed by atoms with E-state index >= 15 is 0 Å². The van der Waals surface area contributed by atoms with Gasteiger partial charge in [-0.2, -0.15) is 0 Å². The molecule has 2 nitrogen and oxygen atoms in total. The maximum Gasteiger partial charge on any atom is 0.146 e. The van der Waals surface area contributed by atoms with E-state index in [9.17, 15) is 0 Å². The van der Waals surface area contributed by atoms with E-state index in [1.165, 1.54) is 0 Å².